The highest BCUT2D eigenvalue weighted by Crippen LogP contribution is 2.31. The largest absolute Gasteiger partial charge is 0.482 e. The Labute approximate surface area is 182 Å². The molecular weight excluding hydrogens is 394 g/mol. The first-order valence-electron chi connectivity index (χ1n) is 10.7. The maximum atomic E-state index is 13.4. The molecule has 0 saturated heterocycles. The van der Waals surface area contributed by atoms with Gasteiger partial charge in [0.2, 0.25) is 11.8 Å². The second kappa shape index (κ2) is 9.20. The predicted molar refractivity (Wildman–Crippen MR) is 118 cm³/mol. The molecule has 0 aromatic heterocycles. The van der Waals surface area contributed by atoms with Gasteiger partial charge < -0.3 is 15.0 Å². The van der Waals surface area contributed by atoms with Crippen LogP contribution in [0.5, 0.6) is 5.75 Å². The van der Waals surface area contributed by atoms with Crippen LogP contribution in [-0.4, -0.2) is 43.5 Å². The summed E-state index contributed by atoms with van der Waals surface area (Å²) in [7, 11) is 0. The van der Waals surface area contributed by atoms with Crippen molar-refractivity contribution in [2.24, 2.45) is 0 Å². The molecule has 7 heteroatoms. The highest BCUT2D eigenvalue weighted by molar-refractivity contribution is 6.07. The van der Waals surface area contributed by atoms with Crippen LogP contribution >= 0.6 is 0 Å². The summed E-state index contributed by atoms with van der Waals surface area (Å²) in [5.74, 6) is -0.221. The van der Waals surface area contributed by atoms with Gasteiger partial charge in [0.1, 0.15) is 18.8 Å². The van der Waals surface area contributed by atoms with E-state index in [1.165, 1.54) is 9.80 Å². The highest BCUT2D eigenvalue weighted by Gasteiger charge is 2.30. The third-order valence-corrected chi connectivity index (χ3v) is 5.83. The standard InChI is InChI=1S/C24H27N3O4/c1-17-8-2-5-11-19(17)26(14-22(28)25-18-9-3-4-10-18)23(29)15-27-20-12-6-7-13-21(20)31-16-24(27)30/h2,5-8,11-13,18H,3-4,9-10,14-16H2,1H3,(H,25,28). The Morgan fingerprint density at radius 1 is 1.10 bits per heavy atom. The monoisotopic (exact) mass is 421 g/mol. The van der Waals surface area contributed by atoms with Gasteiger partial charge in [-0.15, -0.1) is 0 Å². The lowest BCUT2D eigenvalue weighted by atomic mass is 10.1. The van der Waals surface area contributed by atoms with E-state index in [0.29, 0.717) is 17.1 Å². The Hall–Kier alpha value is -3.35. The maximum absolute atomic E-state index is 13.4. The lowest BCUT2D eigenvalue weighted by Crippen LogP contribution is -2.50. The molecule has 162 valence electrons. The van der Waals surface area contributed by atoms with Crippen LogP contribution < -0.4 is 19.9 Å². The summed E-state index contributed by atoms with van der Waals surface area (Å²) in [6, 6.07) is 14.8. The minimum atomic E-state index is -0.319. The molecule has 7 nitrogen and oxygen atoms in total. The van der Waals surface area contributed by atoms with E-state index in [1.807, 2.05) is 37.3 Å². The van der Waals surface area contributed by atoms with E-state index in [-0.39, 0.29) is 43.5 Å². The van der Waals surface area contributed by atoms with E-state index in [9.17, 15) is 14.4 Å². The fourth-order valence-electron chi connectivity index (χ4n) is 4.21. The van der Waals surface area contributed by atoms with Crippen LogP contribution in [0.25, 0.3) is 0 Å². The number of hydrogen-bond donors (Lipinski definition) is 1. The van der Waals surface area contributed by atoms with Gasteiger partial charge in [0.25, 0.3) is 5.91 Å². The molecule has 2 aromatic rings. The van der Waals surface area contributed by atoms with Crippen LogP contribution in [0.4, 0.5) is 11.4 Å². The van der Waals surface area contributed by atoms with Crippen LogP contribution in [0.1, 0.15) is 31.2 Å². The van der Waals surface area contributed by atoms with Crippen molar-refractivity contribution in [3.63, 3.8) is 0 Å². The Balaban J connectivity index is 1.56. The number of fused-ring (bicyclic) bond motifs is 1. The third kappa shape index (κ3) is 4.71. The Morgan fingerprint density at radius 3 is 2.58 bits per heavy atom. The number of amides is 3. The van der Waals surface area contributed by atoms with Gasteiger partial charge >= 0.3 is 0 Å². The van der Waals surface area contributed by atoms with Gasteiger partial charge in [-0.3, -0.25) is 19.3 Å². The smallest absolute Gasteiger partial charge is 0.265 e. The molecule has 1 aliphatic carbocycles. The summed E-state index contributed by atoms with van der Waals surface area (Å²) in [5.41, 5.74) is 2.12. The summed E-state index contributed by atoms with van der Waals surface area (Å²) in [4.78, 5) is 41.6. The van der Waals surface area contributed by atoms with Crippen LogP contribution in [0.2, 0.25) is 0 Å². The second-order valence-electron chi connectivity index (χ2n) is 8.05. The first kappa shape index (κ1) is 20.9. The molecule has 1 saturated carbocycles. The number of para-hydroxylation sites is 3. The molecule has 31 heavy (non-hydrogen) atoms. The molecule has 0 atom stereocenters. The minimum absolute atomic E-state index is 0.0830. The number of carbonyl (C=O) groups excluding carboxylic acids is 3. The van der Waals surface area contributed by atoms with E-state index in [4.69, 9.17) is 4.74 Å². The summed E-state index contributed by atoms with van der Waals surface area (Å²) in [6.45, 7) is 1.54. The van der Waals surface area contributed by atoms with Gasteiger partial charge in [0.15, 0.2) is 6.61 Å². The normalized spacial score (nSPS) is 15.9. The predicted octanol–water partition coefficient (Wildman–Crippen LogP) is 2.81. The molecule has 2 aromatic carbocycles. The van der Waals surface area contributed by atoms with Crippen molar-refractivity contribution in [1.82, 2.24) is 5.32 Å². The number of aryl methyl sites for hydroxylation is 1. The molecular formula is C24H27N3O4. The van der Waals surface area contributed by atoms with Crippen molar-refractivity contribution in [3.05, 3.63) is 54.1 Å². The number of carbonyl (C=O) groups is 3. The lowest BCUT2D eigenvalue weighted by Gasteiger charge is -2.31. The lowest BCUT2D eigenvalue weighted by molar-refractivity contribution is -0.125. The number of ether oxygens (including phenoxy) is 1. The Morgan fingerprint density at radius 2 is 1.81 bits per heavy atom. The number of rotatable bonds is 6. The molecule has 4 rings (SSSR count). The fourth-order valence-corrected chi connectivity index (χ4v) is 4.21. The zero-order valence-electron chi connectivity index (χ0n) is 17.7. The molecule has 1 aliphatic heterocycles. The van der Waals surface area contributed by atoms with Gasteiger partial charge in [-0.2, -0.15) is 0 Å². The quantitative estimate of drug-likeness (QED) is 0.778. The average Bonchev–Trinajstić information content (AvgIpc) is 3.27. The Bertz CT molecular complexity index is 984. The number of nitrogens with zero attached hydrogens (tertiary/aromatic N) is 2. The zero-order chi connectivity index (χ0) is 21.8. The van der Waals surface area contributed by atoms with Crippen LogP contribution in [0.3, 0.4) is 0 Å². The zero-order valence-corrected chi connectivity index (χ0v) is 17.7. The Kier molecular flexibility index (Phi) is 6.21. The molecule has 1 N–H and O–H groups in total. The molecule has 0 bridgehead atoms. The van der Waals surface area contributed by atoms with E-state index in [1.54, 1.807) is 18.2 Å². The van der Waals surface area contributed by atoms with Crippen molar-refractivity contribution in [2.45, 2.75) is 38.6 Å². The van der Waals surface area contributed by atoms with Crippen molar-refractivity contribution < 1.29 is 19.1 Å². The van der Waals surface area contributed by atoms with Gasteiger partial charge in [-0.05, 0) is 43.5 Å². The molecule has 0 unspecified atom stereocenters. The van der Waals surface area contributed by atoms with Crippen LogP contribution in [0.15, 0.2) is 48.5 Å². The number of benzene rings is 2. The van der Waals surface area contributed by atoms with Gasteiger partial charge in [0.05, 0.1) is 5.69 Å². The van der Waals surface area contributed by atoms with Gasteiger partial charge in [0, 0.05) is 11.7 Å². The van der Waals surface area contributed by atoms with E-state index >= 15 is 0 Å². The van der Waals surface area contributed by atoms with Gasteiger partial charge in [-0.25, -0.2) is 0 Å². The van der Waals surface area contributed by atoms with E-state index < -0.39 is 0 Å². The SMILES string of the molecule is Cc1ccccc1N(CC(=O)NC1CCCC1)C(=O)CN1C(=O)COc2ccccc21. The van der Waals surface area contributed by atoms with Crippen molar-refractivity contribution in [3.8, 4) is 5.75 Å². The minimum Gasteiger partial charge on any atom is -0.482 e. The maximum Gasteiger partial charge on any atom is 0.265 e. The second-order valence-corrected chi connectivity index (χ2v) is 8.05. The summed E-state index contributed by atoms with van der Waals surface area (Å²) < 4.78 is 5.47. The highest BCUT2D eigenvalue weighted by atomic mass is 16.5. The number of hydrogen-bond acceptors (Lipinski definition) is 4. The molecule has 1 heterocycles. The van der Waals surface area contributed by atoms with Crippen molar-refractivity contribution in [2.75, 3.05) is 29.5 Å². The van der Waals surface area contributed by atoms with Gasteiger partial charge in [-0.1, -0.05) is 43.2 Å². The molecule has 0 radical (unpaired) electrons. The molecule has 0 spiro atoms. The number of anilines is 2. The van der Waals surface area contributed by atoms with Crippen LogP contribution in [-0.2, 0) is 14.4 Å². The molecule has 1 fully saturated rings. The molecule has 2 aliphatic rings. The van der Waals surface area contributed by atoms with Crippen molar-refractivity contribution in [1.29, 1.82) is 0 Å². The summed E-state index contributed by atoms with van der Waals surface area (Å²) >= 11 is 0. The number of nitrogens with one attached hydrogen (secondary N) is 1. The summed E-state index contributed by atoms with van der Waals surface area (Å²) in [5, 5.41) is 3.05. The van der Waals surface area contributed by atoms with Crippen molar-refractivity contribution >= 4 is 29.1 Å². The first-order valence-corrected chi connectivity index (χ1v) is 10.7. The fraction of sp³-hybridized carbons (Fsp3) is 0.375. The first-order chi connectivity index (χ1) is 15.0. The average molecular weight is 421 g/mol. The topological polar surface area (TPSA) is 79.0 Å². The third-order valence-electron chi connectivity index (χ3n) is 5.83. The summed E-state index contributed by atoms with van der Waals surface area (Å²) in [6.07, 6.45) is 4.18. The van der Waals surface area contributed by atoms with Crippen LogP contribution in [0, 0.1) is 6.92 Å². The molecule has 3 amide bonds. The van der Waals surface area contributed by atoms with E-state index in [0.717, 1.165) is 31.2 Å². The van der Waals surface area contributed by atoms with E-state index in [2.05, 4.69) is 5.32 Å².